The number of nitrogens with zero attached hydrogens (tertiary/aromatic N) is 3. The molecule has 122 valence electrons. The maximum absolute atomic E-state index is 12.4. The van der Waals surface area contributed by atoms with Crippen LogP contribution < -0.4 is 4.90 Å². The Hall–Kier alpha value is -2.04. The van der Waals surface area contributed by atoms with Crippen molar-refractivity contribution in [3.63, 3.8) is 0 Å². The minimum atomic E-state index is 0.291. The average Bonchev–Trinajstić information content (AvgIpc) is 3.01. The Balaban J connectivity index is 1.42. The number of pyridine rings is 1. The second-order valence-corrected chi connectivity index (χ2v) is 6.76. The number of piperidine rings is 1. The first kappa shape index (κ1) is 14.5. The topological polar surface area (TPSA) is 49.6 Å². The monoisotopic (exact) mass is 313 g/mol. The number of anilines is 1. The summed E-state index contributed by atoms with van der Waals surface area (Å²) in [7, 11) is 1.98. The molecular weight excluding hydrogens is 290 g/mol. The molecule has 23 heavy (non-hydrogen) atoms. The smallest absolute Gasteiger partial charge is 0.225 e. The third kappa shape index (κ3) is 2.58. The number of carbonyl (C=O) groups is 1. The van der Waals surface area contributed by atoms with Crippen molar-refractivity contribution in [2.45, 2.75) is 38.1 Å². The van der Waals surface area contributed by atoms with E-state index in [1.807, 2.05) is 24.1 Å². The van der Waals surface area contributed by atoms with Crippen molar-refractivity contribution in [3.05, 3.63) is 24.6 Å². The highest BCUT2D eigenvalue weighted by Crippen LogP contribution is 2.31. The molecule has 0 spiro atoms. The Kier molecular flexibility index (Phi) is 3.71. The van der Waals surface area contributed by atoms with Crippen LogP contribution in [0, 0.1) is 5.92 Å². The van der Waals surface area contributed by atoms with E-state index in [0.717, 1.165) is 55.6 Å². The Morgan fingerprint density at radius 2 is 2.04 bits per heavy atom. The van der Waals surface area contributed by atoms with Crippen LogP contribution in [0.2, 0.25) is 0 Å². The molecule has 2 aliphatic rings. The van der Waals surface area contributed by atoms with Gasteiger partial charge in [-0.3, -0.25) is 4.79 Å². The second-order valence-electron chi connectivity index (χ2n) is 6.76. The van der Waals surface area contributed by atoms with Gasteiger partial charge in [-0.15, -0.1) is 0 Å². The lowest BCUT2D eigenvalue weighted by Crippen LogP contribution is -2.48. The van der Waals surface area contributed by atoms with Gasteiger partial charge in [-0.2, -0.15) is 0 Å². The van der Waals surface area contributed by atoms with Gasteiger partial charge in [-0.05, 0) is 37.8 Å². The fraction of sp³-hybridized carbons (Fsp3) is 0.556. The van der Waals surface area contributed by atoms with Gasteiger partial charge in [-0.25, -0.2) is 4.98 Å². The molecule has 0 radical (unpaired) electrons. The quantitative estimate of drug-likeness (QED) is 0.874. The lowest BCUT2D eigenvalue weighted by atomic mass is 9.84. The molecule has 2 fully saturated rings. The first-order valence-electron chi connectivity index (χ1n) is 8.58. The van der Waals surface area contributed by atoms with Crippen LogP contribution in [0.4, 0.5) is 5.82 Å². The van der Waals surface area contributed by atoms with Gasteiger partial charge in [0.1, 0.15) is 11.4 Å². The third-order valence-electron chi connectivity index (χ3n) is 5.47. The number of hydrogen-bond donors (Lipinski definition) is 0. The Bertz CT molecular complexity index is 699. The Morgan fingerprint density at radius 1 is 1.26 bits per heavy atom. The molecule has 2 aromatic heterocycles. The van der Waals surface area contributed by atoms with Gasteiger partial charge in [-0.1, -0.05) is 6.42 Å². The van der Waals surface area contributed by atoms with E-state index in [-0.39, 0.29) is 0 Å². The van der Waals surface area contributed by atoms with Crippen molar-refractivity contribution in [2.24, 2.45) is 5.92 Å². The van der Waals surface area contributed by atoms with Gasteiger partial charge in [0.05, 0.1) is 11.6 Å². The number of carbonyl (C=O) groups excluding carboxylic acids is 1. The normalized spacial score (nSPS) is 19.8. The predicted octanol–water partition coefficient (Wildman–Crippen LogP) is 3.06. The highest BCUT2D eigenvalue weighted by atomic mass is 16.3. The van der Waals surface area contributed by atoms with Gasteiger partial charge in [0.15, 0.2) is 0 Å². The molecule has 5 heteroatoms. The van der Waals surface area contributed by atoms with Crippen LogP contribution in [-0.4, -0.2) is 42.0 Å². The highest BCUT2D eigenvalue weighted by molar-refractivity contribution is 5.88. The SMILES string of the molecule is CN(C(=O)C1CCC1)C1CCN(c2nccc3occc23)CC1. The molecule has 0 unspecified atom stereocenters. The maximum atomic E-state index is 12.4. The molecular formula is C18H23N3O2. The summed E-state index contributed by atoms with van der Waals surface area (Å²) in [6.07, 6.45) is 8.90. The van der Waals surface area contributed by atoms with Gasteiger partial charge in [0.2, 0.25) is 5.91 Å². The summed E-state index contributed by atoms with van der Waals surface area (Å²) >= 11 is 0. The van der Waals surface area contributed by atoms with E-state index in [1.165, 1.54) is 6.42 Å². The lowest BCUT2D eigenvalue weighted by molar-refractivity contribution is -0.139. The van der Waals surface area contributed by atoms with E-state index < -0.39 is 0 Å². The standard InChI is InChI=1S/C18H23N3O2/c1-20(18(22)13-3-2-4-13)14-6-10-21(11-7-14)17-15-8-12-23-16(15)5-9-19-17/h5,8-9,12-14H,2-4,6-7,10-11H2,1H3. The lowest BCUT2D eigenvalue weighted by Gasteiger charge is -2.39. The molecule has 1 aliphatic carbocycles. The molecule has 0 N–H and O–H groups in total. The van der Waals surface area contributed by atoms with Crippen molar-refractivity contribution in [1.29, 1.82) is 0 Å². The molecule has 0 atom stereocenters. The van der Waals surface area contributed by atoms with E-state index in [2.05, 4.69) is 9.88 Å². The molecule has 0 aromatic carbocycles. The van der Waals surface area contributed by atoms with E-state index in [0.29, 0.717) is 17.9 Å². The van der Waals surface area contributed by atoms with Gasteiger partial charge < -0.3 is 14.2 Å². The molecule has 3 heterocycles. The second kappa shape index (κ2) is 5.87. The highest BCUT2D eigenvalue weighted by Gasteiger charge is 2.32. The third-order valence-corrected chi connectivity index (χ3v) is 5.47. The van der Waals surface area contributed by atoms with Crippen LogP contribution in [-0.2, 0) is 4.79 Å². The van der Waals surface area contributed by atoms with E-state index >= 15 is 0 Å². The van der Waals surface area contributed by atoms with Crippen LogP contribution in [0.15, 0.2) is 29.0 Å². The fourth-order valence-corrected chi connectivity index (χ4v) is 3.72. The van der Waals surface area contributed by atoms with E-state index in [9.17, 15) is 4.79 Å². The van der Waals surface area contributed by atoms with Gasteiger partial charge in [0.25, 0.3) is 0 Å². The zero-order valence-electron chi connectivity index (χ0n) is 13.6. The molecule has 1 aliphatic heterocycles. The average molecular weight is 313 g/mol. The van der Waals surface area contributed by atoms with Crippen molar-refractivity contribution < 1.29 is 9.21 Å². The number of aromatic nitrogens is 1. The Labute approximate surface area is 136 Å². The van der Waals surface area contributed by atoms with Crippen molar-refractivity contribution in [3.8, 4) is 0 Å². The first-order valence-corrected chi connectivity index (χ1v) is 8.58. The zero-order chi connectivity index (χ0) is 15.8. The summed E-state index contributed by atoms with van der Waals surface area (Å²) in [5, 5.41) is 1.07. The minimum absolute atomic E-state index is 0.291. The zero-order valence-corrected chi connectivity index (χ0v) is 13.6. The van der Waals surface area contributed by atoms with E-state index in [4.69, 9.17) is 4.42 Å². The largest absolute Gasteiger partial charge is 0.464 e. The van der Waals surface area contributed by atoms with Gasteiger partial charge >= 0.3 is 0 Å². The molecule has 5 nitrogen and oxygen atoms in total. The summed E-state index contributed by atoms with van der Waals surface area (Å²) in [6.45, 7) is 1.87. The predicted molar refractivity (Wildman–Crippen MR) is 89.4 cm³/mol. The summed E-state index contributed by atoms with van der Waals surface area (Å²) in [5.74, 6) is 1.65. The van der Waals surface area contributed by atoms with E-state index in [1.54, 1.807) is 12.5 Å². The fourth-order valence-electron chi connectivity index (χ4n) is 3.72. The van der Waals surface area contributed by atoms with Crippen molar-refractivity contribution in [1.82, 2.24) is 9.88 Å². The molecule has 2 aromatic rings. The van der Waals surface area contributed by atoms with Crippen molar-refractivity contribution in [2.75, 3.05) is 25.0 Å². The summed E-state index contributed by atoms with van der Waals surface area (Å²) in [5.41, 5.74) is 0.884. The van der Waals surface area contributed by atoms with Crippen LogP contribution in [0.25, 0.3) is 11.0 Å². The molecule has 1 amide bonds. The molecule has 1 saturated carbocycles. The summed E-state index contributed by atoms with van der Waals surface area (Å²) in [6, 6.07) is 4.25. The number of furan rings is 1. The number of fused-ring (bicyclic) bond motifs is 1. The molecule has 4 rings (SSSR count). The molecule has 0 bridgehead atoms. The summed E-state index contributed by atoms with van der Waals surface area (Å²) in [4.78, 5) is 21.3. The van der Waals surface area contributed by atoms with Crippen LogP contribution in [0.1, 0.15) is 32.1 Å². The van der Waals surface area contributed by atoms with Gasteiger partial charge in [0, 0.05) is 38.3 Å². The van der Waals surface area contributed by atoms with Crippen LogP contribution >= 0.6 is 0 Å². The number of rotatable bonds is 3. The first-order chi connectivity index (χ1) is 11.2. The number of amides is 1. The summed E-state index contributed by atoms with van der Waals surface area (Å²) < 4.78 is 5.47. The van der Waals surface area contributed by atoms with Crippen LogP contribution in [0.3, 0.4) is 0 Å². The van der Waals surface area contributed by atoms with Crippen molar-refractivity contribution >= 4 is 22.7 Å². The number of hydrogen-bond acceptors (Lipinski definition) is 4. The minimum Gasteiger partial charge on any atom is -0.464 e. The Morgan fingerprint density at radius 3 is 2.74 bits per heavy atom. The maximum Gasteiger partial charge on any atom is 0.225 e. The van der Waals surface area contributed by atoms with Crippen LogP contribution in [0.5, 0.6) is 0 Å². The molecule has 1 saturated heterocycles.